The Balaban J connectivity index is 1.43. The van der Waals surface area contributed by atoms with Crippen molar-refractivity contribution in [1.29, 1.82) is 0 Å². The Bertz CT molecular complexity index is 1430. The van der Waals surface area contributed by atoms with Gasteiger partial charge in [-0.15, -0.1) is 0 Å². The quantitative estimate of drug-likeness (QED) is 0.332. The van der Waals surface area contributed by atoms with Crippen molar-refractivity contribution in [2.45, 2.75) is 24.5 Å². The summed E-state index contributed by atoms with van der Waals surface area (Å²) in [6, 6.07) is 16.4. The Hall–Kier alpha value is -4.24. The van der Waals surface area contributed by atoms with Crippen LogP contribution in [-0.4, -0.2) is 38.9 Å². The molecule has 0 radical (unpaired) electrons. The molecule has 6 rings (SSSR count). The molecule has 0 saturated carbocycles. The highest BCUT2D eigenvalue weighted by Gasteiger charge is 2.70. The molecule has 2 fully saturated rings. The fourth-order valence-corrected chi connectivity index (χ4v) is 5.87. The SMILES string of the molecule is O=C1[C@@H]2[C@H](Cc3ccc(O)c(O)c3)N[C@@]3(C(=O)Nc4ccccc43)[C@@H]2C(=O)N1Cc1ccc(F)cc1. The number of imide groups is 1. The number of hydrogen-bond acceptors (Lipinski definition) is 6. The molecule has 3 aromatic carbocycles. The standard InChI is InChI=1S/C27H22FN3O5/c28-16-8-5-14(6-9-16)13-31-24(34)22-19(11-15-7-10-20(32)21(33)12-15)30-27(23(22)25(31)35)17-3-1-2-4-18(17)29-26(27)36/h1-10,12,19,22-23,30,32-33H,11,13H2,(H,29,36)/t19-,22+,23-,27+/m0/s1. The minimum Gasteiger partial charge on any atom is -0.504 e. The number of phenols is 2. The van der Waals surface area contributed by atoms with Crippen LogP contribution in [0.1, 0.15) is 16.7 Å². The molecule has 36 heavy (non-hydrogen) atoms. The number of nitrogens with one attached hydrogen (secondary N) is 2. The van der Waals surface area contributed by atoms with Crippen LogP contribution in [0.4, 0.5) is 10.1 Å². The molecule has 182 valence electrons. The molecule has 0 bridgehead atoms. The summed E-state index contributed by atoms with van der Waals surface area (Å²) in [5.41, 5.74) is 0.966. The molecule has 4 N–H and O–H groups in total. The van der Waals surface area contributed by atoms with E-state index in [0.29, 0.717) is 22.4 Å². The number of anilines is 1. The molecule has 9 heteroatoms. The number of hydrogen-bond donors (Lipinski definition) is 4. The third-order valence-electron chi connectivity index (χ3n) is 7.46. The molecule has 2 saturated heterocycles. The fraction of sp³-hybridized carbons (Fsp3) is 0.222. The van der Waals surface area contributed by atoms with Crippen molar-refractivity contribution in [3.8, 4) is 11.5 Å². The van der Waals surface area contributed by atoms with Crippen molar-refractivity contribution >= 4 is 23.4 Å². The maximum absolute atomic E-state index is 13.8. The average molecular weight is 487 g/mol. The van der Waals surface area contributed by atoms with Crippen LogP contribution >= 0.6 is 0 Å². The van der Waals surface area contributed by atoms with Gasteiger partial charge in [0.1, 0.15) is 11.4 Å². The normalized spacial score (nSPS) is 26.4. The minimum atomic E-state index is -1.44. The molecular formula is C27H22FN3O5. The molecular weight excluding hydrogens is 465 g/mol. The lowest BCUT2D eigenvalue weighted by Crippen LogP contribution is -2.53. The van der Waals surface area contributed by atoms with Crippen LogP contribution in [0.25, 0.3) is 0 Å². The van der Waals surface area contributed by atoms with Gasteiger partial charge >= 0.3 is 0 Å². The van der Waals surface area contributed by atoms with Gasteiger partial charge in [0.25, 0.3) is 0 Å². The number of carbonyl (C=O) groups is 3. The number of carbonyl (C=O) groups excluding carboxylic acids is 3. The minimum absolute atomic E-state index is 0.0307. The fourth-order valence-electron chi connectivity index (χ4n) is 5.87. The Morgan fingerprint density at radius 2 is 1.61 bits per heavy atom. The van der Waals surface area contributed by atoms with Gasteiger partial charge in [-0.2, -0.15) is 0 Å². The first kappa shape index (κ1) is 22.2. The van der Waals surface area contributed by atoms with Crippen LogP contribution in [0.2, 0.25) is 0 Å². The van der Waals surface area contributed by atoms with Gasteiger partial charge < -0.3 is 15.5 Å². The molecule has 0 aromatic heterocycles. The second-order valence-corrected chi connectivity index (χ2v) is 9.48. The van der Waals surface area contributed by atoms with E-state index in [1.165, 1.54) is 36.4 Å². The summed E-state index contributed by atoms with van der Waals surface area (Å²) in [5, 5.41) is 25.8. The maximum atomic E-state index is 13.8. The van der Waals surface area contributed by atoms with Crippen molar-refractivity contribution in [2.24, 2.45) is 11.8 Å². The average Bonchev–Trinajstić information content (AvgIpc) is 3.43. The lowest BCUT2D eigenvalue weighted by atomic mass is 9.76. The van der Waals surface area contributed by atoms with Gasteiger partial charge in [0.2, 0.25) is 17.7 Å². The summed E-state index contributed by atoms with van der Waals surface area (Å²) in [5.74, 6) is -4.10. The smallest absolute Gasteiger partial charge is 0.250 e. The van der Waals surface area contributed by atoms with Gasteiger partial charge in [0.15, 0.2) is 11.5 Å². The number of fused-ring (bicyclic) bond motifs is 4. The molecule has 1 spiro atoms. The number of rotatable bonds is 4. The highest BCUT2D eigenvalue weighted by Crippen LogP contribution is 2.53. The van der Waals surface area contributed by atoms with E-state index in [2.05, 4.69) is 10.6 Å². The van der Waals surface area contributed by atoms with E-state index in [-0.39, 0.29) is 24.5 Å². The van der Waals surface area contributed by atoms with Crippen LogP contribution in [0.3, 0.4) is 0 Å². The van der Waals surface area contributed by atoms with Gasteiger partial charge in [-0.1, -0.05) is 36.4 Å². The van der Waals surface area contributed by atoms with E-state index in [4.69, 9.17) is 0 Å². The molecule has 3 heterocycles. The third kappa shape index (κ3) is 3.12. The third-order valence-corrected chi connectivity index (χ3v) is 7.46. The van der Waals surface area contributed by atoms with E-state index < -0.39 is 47.0 Å². The van der Waals surface area contributed by atoms with E-state index >= 15 is 0 Å². The second kappa shape index (κ2) is 7.89. The zero-order valence-corrected chi connectivity index (χ0v) is 18.9. The molecule has 3 aliphatic rings. The van der Waals surface area contributed by atoms with Gasteiger partial charge in [0.05, 0.1) is 18.4 Å². The van der Waals surface area contributed by atoms with Crippen molar-refractivity contribution in [3.05, 3.63) is 89.2 Å². The highest BCUT2D eigenvalue weighted by molar-refractivity contribution is 6.15. The zero-order valence-electron chi connectivity index (χ0n) is 18.9. The van der Waals surface area contributed by atoms with Gasteiger partial charge in [-0.25, -0.2) is 4.39 Å². The first-order valence-corrected chi connectivity index (χ1v) is 11.6. The van der Waals surface area contributed by atoms with Crippen LogP contribution in [0.15, 0.2) is 66.7 Å². The molecule has 3 aliphatic heterocycles. The Morgan fingerprint density at radius 3 is 2.36 bits per heavy atom. The molecule has 3 amide bonds. The van der Waals surface area contributed by atoms with Gasteiger partial charge in [0, 0.05) is 17.3 Å². The van der Waals surface area contributed by atoms with Crippen molar-refractivity contribution in [2.75, 3.05) is 5.32 Å². The number of benzene rings is 3. The molecule has 0 unspecified atom stereocenters. The molecule has 4 atom stereocenters. The maximum Gasteiger partial charge on any atom is 0.250 e. The lowest BCUT2D eigenvalue weighted by molar-refractivity contribution is -0.143. The Kier molecular flexibility index (Phi) is 4.87. The Labute approximate surface area is 205 Å². The number of halogens is 1. The topological polar surface area (TPSA) is 119 Å². The summed E-state index contributed by atoms with van der Waals surface area (Å²) in [7, 11) is 0. The van der Waals surface area contributed by atoms with Crippen molar-refractivity contribution in [3.63, 3.8) is 0 Å². The monoisotopic (exact) mass is 487 g/mol. The molecule has 0 aliphatic carbocycles. The largest absolute Gasteiger partial charge is 0.504 e. The predicted octanol–water partition coefficient (Wildman–Crippen LogP) is 2.40. The summed E-state index contributed by atoms with van der Waals surface area (Å²) in [4.78, 5) is 42.2. The number of para-hydroxylation sites is 1. The van der Waals surface area contributed by atoms with E-state index in [0.717, 1.165) is 4.90 Å². The van der Waals surface area contributed by atoms with E-state index in [1.807, 2.05) is 0 Å². The highest BCUT2D eigenvalue weighted by atomic mass is 19.1. The summed E-state index contributed by atoms with van der Waals surface area (Å²) in [6.45, 7) is -0.0307. The zero-order chi connectivity index (χ0) is 25.2. The van der Waals surface area contributed by atoms with E-state index in [1.54, 1.807) is 30.3 Å². The van der Waals surface area contributed by atoms with Crippen LogP contribution < -0.4 is 10.6 Å². The van der Waals surface area contributed by atoms with Crippen LogP contribution in [-0.2, 0) is 32.9 Å². The van der Waals surface area contributed by atoms with Gasteiger partial charge in [-0.3, -0.25) is 24.6 Å². The molecule has 3 aromatic rings. The second-order valence-electron chi connectivity index (χ2n) is 9.48. The number of phenolic OH excluding ortho intramolecular Hbond substituents is 2. The summed E-state index contributed by atoms with van der Waals surface area (Å²) in [6.07, 6.45) is 0.232. The van der Waals surface area contributed by atoms with Crippen LogP contribution in [0.5, 0.6) is 11.5 Å². The summed E-state index contributed by atoms with van der Waals surface area (Å²) >= 11 is 0. The predicted molar refractivity (Wildman–Crippen MR) is 126 cm³/mol. The van der Waals surface area contributed by atoms with Gasteiger partial charge in [-0.05, 0) is 47.9 Å². The van der Waals surface area contributed by atoms with Crippen molar-refractivity contribution < 1.29 is 29.0 Å². The number of nitrogens with zero attached hydrogens (tertiary/aromatic N) is 1. The van der Waals surface area contributed by atoms with E-state index in [9.17, 15) is 29.0 Å². The lowest BCUT2D eigenvalue weighted by Gasteiger charge is -2.29. The Morgan fingerprint density at radius 1 is 0.889 bits per heavy atom. The first-order chi connectivity index (χ1) is 17.3. The van der Waals surface area contributed by atoms with Crippen LogP contribution in [0, 0.1) is 17.7 Å². The molecule has 8 nitrogen and oxygen atoms in total. The number of likely N-dealkylation sites (tertiary alicyclic amines) is 1. The number of amides is 3. The first-order valence-electron chi connectivity index (χ1n) is 11.6. The number of aromatic hydroxyl groups is 2. The summed E-state index contributed by atoms with van der Waals surface area (Å²) < 4.78 is 13.4. The van der Waals surface area contributed by atoms with Crippen molar-refractivity contribution in [1.82, 2.24) is 10.2 Å².